The van der Waals surface area contributed by atoms with Crippen LogP contribution in [0, 0.1) is 11.7 Å². The summed E-state index contributed by atoms with van der Waals surface area (Å²) in [5.41, 5.74) is 0.647. The molecule has 0 radical (unpaired) electrons. The van der Waals surface area contributed by atoms with Crippen molar-refractivity contribution in [1.29, 1.82) is 0 Å². The molecule has 0 saturated heterocycles. The van der Waals surface area contributed by atoms with E-state index in [1.165, 1.54) is 6.21 Å². The molecule has 0 fully saturated rings. The van der Waals surface area contributed by atoms with E-state index in [0.29, 0.717) is 5.75 Å². The van der Waals surface area contributed by atoms with Crippen LogP contribution in [0.2, 0.25) is 0 Å². The van der Waals surface area contributed by atoms with E-state index in [9.17, 15) is 4.79 Å². The number of aryl methyl sites for hydroxylation is 1. The molecule has 0 saturated carbocycles. The lowest BCUT2D eigenvalue weighted by Gasteiger charge is -2.05. The Balaban J connectivity index is 2.50. The minimum Gasteiger partial charge on any atom is -0.496 e. The van der Waals surface area contributed by atoms with Crippen molar-refractivity contribution in [3.8, 4) is 5.75 Å². The Labute approximate surface area is 128 Å². The summed E-state index contributed by atoms with van der Waals surface area (Å²) in [4.78, 5) is 11.9. The molecule has 1 heterocycles. The lowest BCUT2D eigenvalue weighted by atomic mass is 10.2. The molecule has 2 aromatic rings. The Hall–Kier alpha value is -1.80. The first-order valence-corrected chi connectivity index (χ1v) is 6.79. The zero-order chi connectivity index (χ0) is 14.7. The summed E-state index contributed by atoms with van der Waals surface area (Å²) >= 11 is 8.36. The number of halogens is 1. The number of H-pyrrole nitrogens is 1. The van der Waals surface area contributed by atoms with Gasteiger partial charge >= 0.3 is 0 Å². The molecule has 0 unspecified atom stereocenters. The molecule has 1 aromatic heterocycles. The SMILES string of the molecule is COc1ccc(Br)cc1/C=N\n1c(=S)[nH]nc(C)c1=O. The summed E-state index contributed by atoms with van der Waals surface area (Å²) in [6, 6.07) is 5.48. The minimum atomic E-state index is -0.362. The number of methoxy groups -OCH3 is 1. The van der Waals surface area contributed by atoms with Crippen molar-refractivity contribution >= 4 is 34.4 Å². The van der Waals surface area contributed by atoms with Gasteiger partial charge in [0.2, 0.25) is 4.77 Å². The average Bonchev–Trinajstić information content (AvgIpc) is 2.43. The molecule has 6 nitrogen and oxygen atoms in total. The Morgan fingerprint density at radius 2 is 2.30 bits per heavy atom. The van der Waals surface area contributed by atoms with Gasteiger partial charge in [-0.15, -0.1) is 0 Å². The topological polar surface area (TPSA) is 72.3 Å². The summed E-state index contributed by atoms with van der Waals surface area (Å²) in [6.07, 6.45) is 1.51. The fourth-order valence-corrected chi connectivity index (χ4v) is 2.06. The van der Waals surface area contributed by atoms with Crippen LogP contribution in [-0.4, -0.2) is 28.2 Å². The molecule has 0 aliphatic heterocycles. The van der Waals surface area contributed by atoms with Gasteiger partial charge in [-0.3, -0.25) is 9.89 Å². The zero-order valence-corrected chi connectivity index (χ0v) is 13.2. The van der Waals surface area contributed by atoms with Crippen molar-refractivity contribution in [2.24, 2.45) is 5.10 Å². The number of aromatic nitrogens is 3. The first-order chi connectivity index (χ1) is 9.52. The van der Waals surface area contributed by atoms with Crippen molar-refractivity contribution in [1.82, 2.24) is 14.9 Å². The van der Waals surface area contributed by atoms with E-state index >= 15 is 0 Å². The average molecular weight is 355 g/mol. The standard InChI is InChI=1S/C12H11BrN4O2S/c1-7-11(18)17(12(20)16-15-7)14-6-8-5-9(13)3-4-10(8)19-2/h3-6H,1-2H3,(H,16,20)/b14-6-. The van der Waals surface area contributed by atoms with Gasteiger partial charge < -0.3 is 4.74 Å². The molecule has 0 amide bonds. The van der Waals surface area contributed by atoms with Crippen LogP contribution in [0.5, 0.6) is 5.75 Å². The number of rotatable bonds is 3. The Kier molecular flexibility index (Phi) is 4.46. The van der Waals surface area contributed by atoms with Crippen LogP contribution >= 0.6 is 28.1 Å². The van der Waals surface area contributed by atoms with Crippen molar-refractivity contribution in [3.63, 3.8) is 0 Å². The molecule has 0 aliphatic rings. The lowest BCUT2D eigenvalue weighted by molar-refractivity contribution is 0.414. The number of aromatic amines is 1. The maximum absolute atomic E-state index is 11.9. The highest BCUT2D eigenvalue weighted by atomic mass is 79.9. The molecule has 2 rings (SSSR count). The first-order valence-electron chi connectivity index (χ1n) is 5.59. The van der Waals surface area contributed by atoms with Crippen LogP contribution in [0.1, 0.15) is 11.3 Å². The van der Waals surface area contributed by atoms with Gasteiger partial charge in [0.25, 0.3) is 5.56 Å². The van der Waals surface area contributed by atoms with Crippen LogP contribution in [0.25, 0.3) is 0 Å². The van der Waals surface area contributed by atoms with Gasteiger partial charge in [-0.25, -0.2) is 0 Å². The number of ether oxygens (including phenoxy) is 1. The number of benzene rings is 1. The molecular formula is C12H11BrN4O2S. The third-order valence-corrected chi connectivity index (χ3v) is 3.28. The molecule has 104 valence electrons. The summed E-state index contributed by atoms with van der Waals surface area (Å²) in [6.45, 7) is 1.58. The Morgan fingerprint density at radius 1 is 1.55 bits per heavy atom. The van der Waals surface area contributed by atoms with Crippen molar-refractivity contribution in [2.75, 3.05) is 7.11 Å². The fraction of sp³-hybridized carbons (Fsp3) is 0.167. The summed E-state index contributed by atoms with van der Waals surface area (Å²) in [5, 5.41) is 10.4. The molecule has 0 bridgehead atoms. The third kappa shape index (κ3) is 3.02. The monoisotopic (exact) mass is 354 g/mol. The molecule has 1 N–H and O–H groups in total. The molecule has 0 aliphatic carbocycles. The van der Waals surface area contributed by atoms with E-state index in [1.807, 2.05) is 12.1 Å². The lowest BCUT2D eigenvalue weighted by Crippen LogP contribution is -2.22. The van der Waals surface area contributed by atoms with Crippen molar-refractivity contribution < 1.29 is 4.74 Å². The van der Waals surface area contributed by atoms with Crippen LogP contribution in [0.15, 0.2) is 32.6 Å². The smallest absolute Gasteiger partial charge is 0.296 e. The Bertz CT molecular complexity index is 782. The molecular weight excluding hydrogens is 344 g/mol. The molecule has 0 spiro atoms. The predicted octanol–water partition coefficient (Wildman–Crippen LogP) is 2.26. The van der Waals surface area contributed by atoms with Crippen LogP contribution in [0.4, 0.5) is 0 Å². The van der Waals surface area contributed by atoms with Crippen molar-refractivity contribution in [2.45, 2.75) is 6.92 Å². The number of hydrogen-bond acceptors (Lipinski definition) is 5. The largest absolute Gasteiger partial charge is 0.496 e. The second-order valence-electron chi connectivity index (χ2n) is 3.86. The summed E-state index contributed by atoms with van der Waals surface area (Å²) < 4.78 is 7.32. The van der Waals surface area contributed by atoms with Gasteiger partial charge in [-0.05, 0) is 37.3 Å². The highest BCUT2D eigenvalue weighted by Gasteiger charge is 2.03. The van der Waals surface area contributed by atoms with E-state index in [2.05, 4.69) is 31.2 Å². The normalized spacial score (nSPS) is 10.9. The zero-order valence-electron chi connectivity index (χ0n) is 10.8. The van der Waals surface area contributed by atoms with Crippen LogP contribution in [-0.2, 0) is 0 Å². The fourth-order valence-electron chi connectivity index (χ4n) is 1.50. The molecule has 8 heteroatoms. The number of nitrogens with one attached hydrogen (secondary N) is 1. The molecule has 0 atom stereocenters. The van der Waals surface area contributed by atoms with E-state index in [4.69, 9.17) is 17.0 Å². The third-order valence-electron chi connectivity index (χ3n) is 2.52. The number of hydrogen-bond donors (Lipinski definition) is 1. The van der Waals surface area contributed by atoms with Crippen molar-refractivity contribution in [3.05, 3.63) is 49.1 Å². The molecule has 20 heavy (non-hydrogen) atoms. The van der Waals surface area contributed by atoms with Gasteiger partial charge in [0.15, 0.2) is 0 Å². The highest BCUT2D eigenvalue weighted by molar-refractivity contribution is 9.10. The van der Waals surface area contributed by atoms with E-state index in [1.54, 1.807) is 20.1 Å². The minimum absolute atomic E-state index is 0.130. The van der Waals surface area contributed by atoms with Gasteiger partial charge in [-0.2, -0.15) is 14.9 Å². The van der Waals surface area contributed by atoms with E-state index < -0.39 is 0 Å². The predicted molar refractivity (Wildman–Crippen MR) is 82.1 cm³/mol. The maximum atomic E-state index is 11.9. The second kappa shape index (κ2) is 6.10. The van der Waals surface area contributed by atoms with E-state index in [0.717, 1.165) is 14.7 Å². The molecule has 1 aromatic carbocycles. The summed E-state index contributed by atoms with van der Waals surface area (Å²) in [7, 11) is 1.57. The van der Waals surface area contributed by atoms with Gasteiger partial charge in [-0.1, -0.05) is 15.9 Å². The van der Waals surface area contributed by atoms with Crippen LogP contribution in [0.3, 0.4) is 0 Å². The van der Waals surface area contributed by atoms with Gasteiger partial charge in [0, 0.05) is 10.0 Å². The summed E-state index contributed by atoms with van der Waals surface area (Å²) in [5.74, 6) is 0.644. The van der Waals surface area contributed by atoms with Gasteiger partial charge in [0.1, 0.15) is 11.4 Å². The maximum Gasteiger partial charge on any atom is 0.296 e. The Morgan fingerprint density at radius 3 is 3.00 bits per heavy atom. The van der Waals surface area contributed by atoms with E-state index in [-0.39, 0.29) is 16.0 Å². The van der Waals surface area contributed by atoms with Gasteiger partial charge in [0.05, 0.1) is 13.3 Å². The second-order valence-corrected chi connectivity index (χ2v) is 5.16. The highest BCUT2D eigenvalue weighted by Crippen LogP contribution is 2.21. The quantitative estimate of drug-likeness (QED) is 0.677. The number of nitrogens with zero attached hydrogens (tertiary/aromatic N) is 3. The first kappa shape index (κ1) is 14.6. The van der Waals surface area contributed by atoms with Crippen LogP contribution < -0.4 is 10.3 Å².